The van der Waals surface area contributed by atoms with Gasteiger partial charge in [-0.2, -0.15) is 0 Å². The SMILES string of the molecule is CCC(=O)C(C(=O)CC)C(=O)c1ccc(C)cc1. The van der Waals surface area contributed by atoms with Gasteiger partial charge >= 0.3 is 0 Å². The second kappa shape index (κ2) is 6.24. The summed E-state index contributed by atoms with van der Waals surface area (Å²) < 4.78 is 0. The van der Waals surface area contributed by atoms with Gasteiger partial charge in [0.1, 0.15) is 5.92 Å². The van der Waals surface area contributed by atoms with Gasteiger partial charge in [-0.25, -0.2) is 0 Å². The molecule has 1 aromatic rings. The summed E-state index contributed by atoms with van der Waals surface area (Å²) in [7, 11) is 0. The first-order valence-corrected chi connectivity index (χ1v) is 6.17. The fourth-order valence-electron chi connectivity index (χ4n) is 1.76. The van der Waals surface area contributed by atoms with E-state index in [0.29, 0.717) is 5.56 Å². The number of benzene rings is 1. The van der Waals surface area contributed by atoms with Crippen LogP contribution >= 0.6 is 0 Å². The third kappa shape index (κ3) is 3.13. The van der Waals surface area contributed by atoms with Crippen LogP contribution < -0.4 is 0 Å². The lowest BCUT2D eigenvalue weighted by Gasteiger charge is -2.12. The zero-order valence-corrected chi connectivity index (χ0v) is 11.0. The topological polar surface area (TPSA) is 51.2 Å². The van der Waals surface area contributed by atoms with Crippen LogP contribution in [0.15, 0.2) is 24.3 Å². The monoisotopic (exact) mass is 246 g/mol. The van der Waals surface area contributed by atoms with Crippen molar-refractivity contribution in [2.45, 2.75) is 33.6 Å². The Morgan fingerprint density at radius 3 is 1.78 bits per heavy atom. The maximum atomic E-state index is 12.2. The van der Waals surface area contributed by atoms with Gasteiger partial charge in [0.15, 0.2) is 17.3 Å². The zero-order chi connectivity index (χ0) is 13.7. The lowest BCUT2D eigenvalue weighted by atomic mass is 9.87. The van der Waals surface area contributed by atoms with Crippen molar-refractivity contribution in [2.24, 2.45) is 5.92 Å². The standard InChI is InChI=1S/C15H18O3/c1-4-12(16)14(13(17)5-2)15(18)11-8-6-10(3)7-9-11/h6-9,14H,4-5H2,1-3H3. The molecular formula is C15H18O3. The van der Waals surface area contributed by atoms with Gasteiger partial charge in [0.2, 0.25) is 0 Å². The predicted molar refractivity (Wildman–Crippen MR) is 69.6 cm³/mol. The molecule has 0 aliphatic heterocycles. The molecule has 0 aromatic heterocycles. The Morgan fingerprint density at radius 2 is 1.39 bits per heavy atom. The van der Waals surface area contributed by atoms with Crippen molar-refractivity contribution in [2.75, 3.05) is 0 Å². The van der Waals surface area contributed by atoms with E-state index in [1.54, 1.807) is 38.1 Å². The summed E-state index contributed by atoms with van der Waals surface area (Å²) in [5.74, 6) is -2.10. The highest BCUT2D eigenvalue weighted by Gasteiger charge is 2.31. The first-order valence-electron chi connectivity index (χ1n) is 6.17. The minimum absolute atomic E-state index is 0.202. The second-order valence-corrected chi connectivity index (χ2v) is 4.30. The van der Waals surface area contributed by atoms with Gasteiger partial charge in [0.25, 0.3) is 0 Å². The quantitative estimate of drug-likeness (QED) is 0.573. The molecule has 0 fully saturated rings. The molecule has 0 aliphatic carbocycles. The Kier molecular flexibility index (Phi) is 4.95. The number of ketones is 3. The van der Waals surface area contributed by atoms with E-state index in [1.807, 2.05) is 6.92 Å². The van der Waals surface area contributed by atoms with Gasteiger partial charge in [-0.15, -0.1) is 0 Å². The Balaban J connectivity index is 3.06. The summed E-state index contributed by atoms with van der Waals surface area (Å²) in [5.41, 5.74) is 1.46. The van der Waals surface area contributed by atoms with E-state index < -0.39 is 5.92 Å². The molecule has 0 unspecified atom stereocenters. The molecule has 1 aromatic carbocycles. The molecule has 0 heterocycles. The number of aryl methyl sites for hydroxylation is 1. The van der Waals surface area contributed by atoms with E-state index >= 15 is 0 Å². The van der Waals surface area contributed by atoms with Crippen molar-refractivity contribution < 1.29 is 14.4 Å². The van der Waals surface area contributed by atoms with Crippen LogP contribution in [0.1, 0.15) is 42.6 Å². The van der Waals surface area contributed by atoms with Crippen molar-refractivity contribution in [3.05, 3.63) is 35.4 Å². The van der Waals surface area contributed by atoms with Gasteiger partial charge in [-0.3, -0.25) is 14.4 Å². The Labute approximate surface area is 107 Å². The highest BCUT2D eigenvalue weighted by Crippen LogP contribution is 2.15. The molecule has 0 radical (unpaired) electrons. The summed E-state index contributed by atoms with van der Waals surface area (Å²) in [6, 6.07) is 6.93. The van der Waals surface area contributed by atoms with Crippen LogP contribution in [0.4, 0.5) is 0 Å². The fourth-order valence-corrected chi connectivity index (χ4v) is 1.76. The number of Topliss-reactive ketones (excluding diaryl/α,β-unsaturated/α-hetero) is 3. The van der Waals surface area contributed by atoms with E-state index in [0.717, 1.165) is 5.56 Å². The summed E-state index contributed by atoms with van der Waals surface area (Å²) in [6.07, 6.45) is 0.405. The fraction of sp³-hybridized carbons (Fsp3) is 0.400. The summed E-state index contributed by atoms with van der Waals surface area (Å²) in [5, 5.41) is 0. The molecule has 0 atom stereocenters. The average molecular weight is 246 g/mol. The third-order valence-electron chi connectivity index (χ3n) is 2.94. The van der Waals surface area contributed by atoms with E-state index in [-0.39, 0.29) is 30.2 Å². The van der Waals surface area contributed by atoms with Crippen LogP contribution in [0, 0.1) is 12.8 Å². The molecular weight excluding hydrogens is 228 g/mol. The molecule has 3 heteroatoms. The van der Waals surface area contributed by atoms with Gasteiger partial charge in [0.05, 0.1) is 0 Å². The first kappa shape index (κ1) is 14.3. The molecule has 0 bridgehead atoms. The Morgan fingerprint density at radius 1 is 0.944 bits per heavy atom. The predicted octanol–water partition coefficient (Wildman–Crippen LogP) is 2.75. The third-order valence-corrected chi connectivity index (χ3v) is 2.94. The van der Waals surface area contributed by atoms with Crippen molar-refractivity contribution in [3.8, 4) is 0 Å². The van der Waals surface area contributed by atoms with Crippen LogP contribution in [0.5, 0.6) is 0 Å². The van der Waals surface area contributed by atoms with E-state index in [4.69, 9.17) is 0 Å². The normalized spacial score (nSPS) is 10.4. The molecule has 0 aliphatic rings. The van der Waals surface area contributed by atoms with Crippen LogP contribution in [0.2, 0.25) is 0 Å². The Hall–Kier alpha value is -1.77. The smallest absolute Gasteiger partial charge is 0.180 e. The maximum absolute atomic E-state index is 12.2. The first-order chi connectivity index (χ1) is 8.51. The molecule has 0 saturated carbocycles. The van der Waals surface area contributed by atoms with Crippen molar-refractivity contribution in [1.82, 2.24) is 0 Å². The molecule has 1 rings (SSSR count). The molecule has 0 amide bonds. The molecule has 0 spiro atoms. The molecule has 96 valence electrons. The van der Waals surface area contributed by atoms with Crippen molar-refractivity contribution in [3.63, 3.8) is 0 Å². The van der Waals surface area contributed by atoms with Gasteiger partial charge in [-0.1, -0.05) is 43.7 Å². The molecule has 0 saturated heterocycles. The lowest BCUT2D eigenvalue weighted by molar-refractivity contribution is -0.130. The highest BCUT2D eigenvalue weighted by molar-refractivity contribution is 6.24. The summed E-state index contributed by atoms with van der Waals surface area (Å²) in [4.78, 5) is 35.7. The van der Waals surface area contributed by atoms with Gasteiger partial charge < -0.3 is 0 Å². The molecule has 3 nitrogen and oxygen atoms in total. The number of carbonyl (C=O) groups excluding carboxylic acids is 3. The van der Waals surface area contributed by atoms with E-state index in [9.17, 15) is 14.4 Å². The lowest BCUT2D eigenvalue weighted by Crippen LogP contribution is -2.31. The maximum Gasteiger partial charge on any atom is 0.180 e. The minimum Gasteiger partial charge on any atom is -0.298 e. The van der Waals surface area contributed by atoms with Crippen LogP contribution in [-0.4, -0.2) is 17.3 Å². The summed E-state index contributed by atoms with van der Waals surface area (Å²) in [6.45, 7) is 5.25. The number of hydrogen-bond donors (Lipinski definition) is 0. The number of hydrogen-bond acceptors (Lipinski definition) is 3. The zero-order valence-electron chi connectivity index (χ0n) is 11.0. The van der Waals surface area contributed by atoms with Crippen LogP contribution in [0.3, 0.4) is 0 Å². The number of rotatable bonds is 6. The highest BCUT2D eigenvalue weighted by atomic mass is 16.2. The molecule has 0 N–H and O–H groups in total. The van der Waals surface area contributed by atoms with E-state index in [1.165, 1.54) is 0 Å². The Bertz CT molecular complexity index is 441. The molecule has 18 heavy (non-hydrogen) atoms. The van der Waals surface area contributed by atoms with Gasteiger partial charge in [-0.05, 0) is 6.92 Å². The van der Waals surface area contributed by atoms with E-state index in [2.05, 4.69) is 0 Å². The largest absolute Gasteiger partial charge is 0.298 e. The van der Waals surface area contributed by atoms with Crippen LogP contribution in [-0.2, 0) is 9.59 Å². The number of carbonyl (C=O) groups is 3. The van der Waals surface area contributed by atoms with Crippen molar-refractivity contribution in [1.29, 1.82) is 0 Å². The summed E-state index contributed by atoms with van der Waals surface area (Å²) >= 11 is 0. The average Bonchev–Trinajstić information content (AvgIpc) is 2.39. The van der Waals surface area contributed by atoms with Crippen molar-refractivity contribution >= 4 is 17.3 Å². The van der Waals surface area contributed by atoms with Crippen LogP contribution in [0.25, 0.3) is 0 Å². The minimum atomic E-state index is -1.12. The van der Waals surface area contributed by atoms with Gasteiger partial charge in [0, 0.05) is 18.4 Å². The second-order valence-electron chi connectivity index (χ2n) is 4.30.